The molecule has 14 heavy (non-hydrogen) atoms. The van der Waals surface area contributed by atoms with E-state index in [0.29, 0.717) is 6.61 Å². The summed E-state index contributed by atoms with van der Waals surface area (Å²) in [5.74, 6) is 0. The van der Waals surface area contributed by atoms with E-state index in [1.165, 1.54) is 5.56 Å². The summed E-state index contributed by atoms with van der Waals surface area (Å²) in [6.45, 7) is 2.16. The SMILES string of the molecule is OCCCCNCc1ccc(Br)cc1. The predicted molar refractivity (Wildman–Crippen MR) is 62.2 cm³/mol. The van der Waals surface area contributed by atoms with E-state index in [9.17, 15) is 0 Å². The van der Waals surface area contributed by atoms with Gasteiger partial charge in [-0.05, 0) is 37.1 Å². The summed E-state index contributed by atoms with van der Waals surface area (Å²) in [6, 6.07) is 8.29. The zero-order chi connectivity index (χ0) is 10.2. The molecule has 0 aliphatic carbocycles. The number of aliphatic hydroxyl groups is 1. The molecule has 3 heteroatoms. The van der Waals surface area contributed by atoms with Crippen molar-refractivity contribution in [3.05, 3.63) is 34.3 Å². The fourth-order valence-corrected chi connectivity index (χ4v) is 1.46. The summed E-state index contributed by atoms with van der Waals surface area (Å²) in [4.78, 5) is 0. The maximum atomic E-state index is 8.58. The minimum absolute atomic E-state index is 0.292. The van der Waals surface area contributed by atoms with Crippen molar-refractivity contribution in [2.75, 3.05) is 13.2 Å². The van der Waals surface area contributed by atoms with E-state index in [2.05, 4.69) is 33.4 Å². The Kier molecular flexibility index (Phi) is 5.83. The Labute approximate surface area is 93.5 Å². The lowest BCUT2D eigenvalue weighted by atomic mass is 10.2. The molecule has 1 rings (SSSR count). The first-order chi connectivity index (χ1) is 6.83. The van der Waals surface area contributed by atoms with E-state index < -0.39 is 0 Å². The summed E-state index contributed by atoms with van der Waals surface area (Å²) < 4.78 is 1.11. The molecule has 0 radical (unpaired) electrons. The van der Waals surface area contributed by atoms with Crippen LogP contribution in [0.15, 0.2) is 28.7 Å². The topological polar surface area (TPSA) is 32.3 Å². The first kappa shape index (κ1) is 11.7. The normalized spacial score (nSPS) is 10.4. The van der Waals surface area contributed by atoms with Crippen molar-refractivity contribution in [2.24, 2.45) is 0 Å². The Bertz CT molecular complexity index is 248. The minimum atomic E-state index is 0.292. The molecule has 0 aromatic heterocycles. The summed E-state index contributed by atoms with van der Waals surface area (Å²) in [5.41, 5.74) is 1.29. The Hall–Kier alpha value is -0.380. The quantitative estimate of drug-likeness (QED) is 0.767. The smallest absolute Gasteiger partial charge is 0.0431 e. The van der Waals surface area contributed by atoms with Crippen molar-refractivity contribution in [3.8, 4) is 0 Å². The van der Waals surface area contributed by atoms with Crippen molar-refractivity contribution in [1.82, 2.24) is 5.32 Å². The van der Waals surface area contributed by atoms with Gasteiger partial charge in [0.2, 0.25) is 0 Å². The summed E-state index contributed by atoms with van der Waals surface area (Å²) in [6.07, 6.45) is 1.92. The number of unbranched alkanes of at least 4 members (excludes halogenated alkanes) is 1. The highest BCUT2D eigenvalue weighted by atomic mass is 79.9. The lowest BCUT2D eigenvalue weighted by Crippen LogP contribution is -2.14. The second kappa shape index (κ2) is 6.98. The number of halogens is 1. The number of hydrogen-bond donors (Lipinski definition) is 2. The van der Waals surface area contributed by atoms with E-state index in [0.717, 1.165) is 30.4 Å². The molecule has 0 fully saturated rings. The van der Waals surface area contributed by atoms with E-state index in [1.807, 2.05) is 12.1 Å². The van der Waals surface area contributed by atoms with Crippen LogP contribution in [0.2, 0.25) is 0 Å². The lowest BCUT2D eigenvalue weighted by Gasteiger charge is -2.04. The first-order valence-electron chi connectivity index (χ1n) is 4.89. The van der Waals surface area contributed by atoms with Crippen molar-refractivity contribution in [2.45, 2.75) is 19.4 Å². The molecule has 0 amide bonds. The van der Waals surface area contributed by atoms with Crippen LogP contribution in [-0.4, -0.2) is 18.3 Å². The van der Waals surface area contributed by atoms with Crippen LogP contribution in [0.5, 0.6) is 0 Å². The van der Waals surface area contributed by atoms with Crippen LogP contribution >= 0.6 is 15.9 Å². The van der Waals surface area contributed by atoms with Gasteiger partial charge in [-0.25, -0.2) is 0 Å². The van der Waals surface area contributed by atoms with Crippen LogP contribution in [0.4, 0.5) is 0 Å². The molecule has 0 saturated heterocycles. The van der Waals surface area contributed by atoms with E-state index in [4.69, 9.17) is 5.11 Å². The highest BCUT2D eigenvalue weighted by Crippen LogP contribution is 2.10. The first-order valence-corrected chi connectivity index (χ1v) is 5.68. The van der Waals surface area contributed by atoms with Crippen LogP contribution < -0.4 is 5.32 Å². The molecule has 0 saturated carbocycles. The van der Waals surface area contributed by atoms with Crippen LogP contribution in [0, 0.1) is 0 Å². The molecule has 78 valence electrons. The standard InChI is InChI=1S/C11H16BrNO/c12-11-5-3-10(4-6-11)9-13-7-1-2-8-14/h3-6,13-14H,1-2,7-9H2. The van der Waals surface area contributed by atoms with Crippen molar-refractivity contribution in [3.63, 3.8) is 0 Å². The third-order valence-electron chi connectivity index (χ3n) is 2.00. The second-order valence-electron chi connectivity index (χ2n) is 3.23. The van der Waals surface area contributed by atoms with Gasteiger partial charge in [-0.3, -0.25) is 0 Å². The number of hydrogen-bond acceptors (Lipinski definition) is 2. The molecule has 0 unspecified atom stereocenters. The monoisotopic (exact) mass is 257 g/mol. The lowest BCUT2D eigenvalue weighted by molar-refractivity contribution is 0.283. The van der Waals surface area contributed by atoms with Gasteiger partial charge < -0.3 is 10.4 Å². The van der Waals surface area contributed by atoms with Gasteiger partial charge in [-0.2, -0.15) is 0 Å². The second-order valence-corrected chi connectivity index (χ2v) is 4.15. The van der Waals surface area contributed by atoms with Gasteiger partial charge in [0, 0.05) is 17.6 Å². The largest absolute Gasteiger partial charge is 0.396 e. The fraction of sp³-hybridized carbons (Fsp3) is 0.455. The summed E-state index contributed by atoms with van der Waals surface area (Å²) in [7, 11) is 0. The number of aliphatic hydroxyl groups excluding tert-OH is 1. The summed E-state index contributed by atoms with van der Waals surface area (Å²) in [5, 5.41) is 11.9. The Balaban J connectivity index is 2.15. The molecular formula is C11H16BrNO. The molecule has 0 aliphatic heterocycles. The molecule has 0 bridgehead atoms. The van der Waals surface area contributed by atoms with Crippen molar-refractivity contribution >= 4 is 15.9 Å². The summed E-state index contributed by atoms with van der Waals surface area (Å²) >= 11 is 3.40. The third-order valence-corrected chi connectivity index (χ3v) is 2.53. The maximum Gasteiger partial charge on any atom is 0.0431 e. The van der Waals surface area contributed by atoms with Gasteiger partial charge in [-0.15, -0.1) is 0 Å². The highest BCUT2D eigenvalue weighted by Gasteiger charge is 1.92. The fourth-order valence-electron chi connectivity index (χ4n) is 1.20. The molecule has 1 aromatic carbocycles. The molecule has 0 spiro atoms. The molecule has 0 atom stereocenters. The van der Waals surface area contributed by atoms with Gasteiger partial charge in [0.1, 0.15) is 0 Å². The Morgan fingerprint density at radius 3 is 2.50 bits per heavy atom. The molecule has 1 aromatic rings. The van der Waals surface area contributed by atoms with E-state index >= 15 is 0 Å². The van der Waals surface area contributed by atoms with Crippen molar-refractivity contribution < 1.29 is 5.11 Å². The van der Waals surface area contributed by atoms with Gasteiger partial charge in [0.15, 0.2) is 0 Å². The van der Waals surface area contributed by atoms with E-state index in [1.54, 1.807) is 0 Å². The molecular weight excluding hydrogens is 242 g/mol. The molecule has 2 nitrogen and oxygen atoms in total. The molecule has 0 aliphatic rings. The molecule has 0 heterocycles. The number of nitrogens with one attached hydrogen (secondary N) is 1. The van der Waals surface area contributed by atoms with Crippen LogP contribution in [0.1, 0.15) is 18.4 Å². The van der Waals surface area contributed by atoms with Crippen LogP contribution in [-0.2, 0) is 6.54 Å². The number of benzene rings is 1. The van der Waals surface area contributed by atoms with Crippen molar-refractivity contribution in [1.29, 1.82) is 0 Å². The third kappa shape index (κ3) is 4.74. The Morgan fingerprint density at radius 1 is 1.14 bits per heavy atom. The minimum Gasteiger partial charge on any atom is -0.396 e. The van der Waals surface area contributed by atoms with E-state index in [-0.39, 0.29) is 0 Å². The zero-order valence-electron chi connectivity index (χ0n) is 8.17. The Morgan fingerprint density at radius 2 is 1.86 bits per heavy atom. The van der Waals surface area contributed by atoms with Gasteiger partial charge in [0.25, 0.3) is 0 Å². The van der Waals surface area contributed by atoms with Gasteiger partial charge in [0.05, 0.1) is 0 Å². The van der Waals surface area contributed by atoms with Gasteiger partial charge in [-0.1, -0.05) is 28.1 Å². The van der Waals surface area contributed by atoms with Gasteiger partial charge >= 0.3 is 0 Å². The maximum absolute atomic E-state index is 8.58. The number of rotatable bonds is 6. The zero-order valence-corrected chi connectivity index (χ0v) is 9.76. The highest BCUT2D eigenvalue weighted by molar-refractivity contribution is 9.10. The molecule has 2 N–H and O–H groups in total. The predicted octanol–water partition coefficient (Wildman–Crippen LogP) is 2.31. The van der Waals surface area contributed by atoms with Crippen LogP contribution in [0.25, 0.3) is 0 Å². The average Bonchev–Trinajstić information content (AvgIpc) is 2.21. The average molecular weight is 258 g/mol. The van der Waals surface area contributed by atoms with Crippen LogP contribution in [0.3, 0.4) is 0 Å².